The second-order valence-corrected chi connectivity index (χ2v) is 8.44. The Hall–Kier alpha value is -2.78. The number of hydrogen-bond donors (Lipinski definition) is 4. The third kappa shape index (κ3) is 6.10. The van der Waals surface area contributed by atoms with Crippen molar-refractivity contribution in [2.24, 2.45) is 5.73 Å². The van der Waals surface area contributed by atoms with Gasteiger partial charge in [0.25, 0.3) is 0 Å². The van der Waals surface area contributed by atoms with Crippen molar-refractivity contribution < 1.29 is 17.6 Å². The Labute approximate surface area is 170 Å². The molecule has 0 fully saturated rings. The standard InChI is InChI=1S/C20H25FN4O3S/c1-3-4-5-18(25-29(27,28)15-9-6-13(2)7-10-15)20(26)24-17-11-8-14(19(22)23)12-16(17)21/h6-12,18,25H,3-5H2,1-2H3,(H3,22,23)(H,24,26). The van der Waals surface area contributed by atoms with Gasteiger partial charge in [-0.1, -0.05) is 37.5 Å². The molecule has 1 unspecified atom stereocenters. The zero-order valence-corrected chi connectivity index (χ0v) is 17.1. The van der Waals surface area contributed by atoms with Crippen molar-refractivity contribution in [1.29, 1.82) is 5.41 Å². The number of sulfonamides is 1. The number of amidine groups is 1. The molecule has 5 N–H and O–H groups in total. The fourth-order valence-electron chi connectivity index (χ4n) is 2.63. The van der Waals surface area contributed by atoms with Gasteiger partial charge in [-0.15, -0.1) is 0 Å². The summed E-state index contributed by atoms with van der Waals surface area (Å²) in [7, 11) is -3.92. The second kappa shape index (κ2) is 9.62. The summed E-state index contributed by atoms with van der Waals surface area (Å²) in [6.45, 7) is 3.76. The molecule has 0 aliphatic carbocycles. The highest BCUT2D eigenvalue weighted by molar-refractivity contribution is 7.89. The zero-order chi connectivity index (χ0) is 21.6. The van der Waals surface area contributed by atoms with Gasteiger partial charge in [-0.05, 0) is 43.7 Å². The number of nitrogens with two attached hydrogens (primary N) is 1. The van der Waals surface area contributed by atoms with E-state index in [1.807, 2.05) is 13.8 Å². The Morgan fingerprint density at radius 3 is 2.41 bits per heavy atom. The highest BCUT2D eigenvalue weighted by Gasteiger charge is 2.26. The minimum atomic E-state index is -3.92. The maximum atomic E-state index is 14.2. The molecular weight excluding hydrogens is 395 g/mol. The highest BCUT2D eigenvalue weighted by Crippen LogP contribution is 2.18. The van der Waals surface area contributed by atoms with Crippen molar-refractivity contribution in [3.8, 4) is 0 Å². The summed E-state index contributed by atoms with van der Waals surface area (Å²) < 4.78 is 42.0. The molecule has 0 heterocycles. The van der Waals surface area contributed by atoms with E-state index in [1.54, 1.807) is 12.1 Å². The van der Waals surface area contributed by atoms with Crippen LogP contribution in [0.4, 0.5) is 10.1 Å². The maximum Gasteiger partial charge on any atom is 0.242 e. The first kappa shape index (κ1) is 22.5. The van der Waals surface area contributed by atoms with Crippen molar-refractivity contribution in [2.75, 3.05) is 5.32 Å². The molecule has 156 valence electrons. The van der Waals surface area contributed by atoms with Crippen LogP contribution in [-0.2, 0) is 14.8 Å². The number of nitrogens with one attached hydrogen (secondary N) is 3. The molecule has 0 radical (unpaired) electrons. The number of carbonyl (C=O) groups is 1. The lowest BCUT2D eigenvalue weighted by Gasteiger charge is -2.19. The van der Waals surface area contributed by atoms with Crippen molar-refractivity contribution in [2.45, 2.75) is 44.0 Å². The summed E-state index contributed by atoms with van der Waals surface area (Å²) in [5.74, 6) is -1.72. The van der Waals surface area contributed by atoms with Crippen LogP contribution in [0.5, 0.6) is 0 Å². The third-order valence-electron chi connectivity index (χ3n) is 4.33. The summed E-state index contributed by atoms with van der Waals surface area (Å²) in [5, 5.41) is 9.75. The number of amides is 1. The molecule has 0 bridgehead atoms. The molecular formula is C20H25FN4O3S. The van der Waals surface area contributed by atoms with Gasteiger partial charge in [0.15, 0.2) is 0 Å². The number of aryl methyl sites for hydroxylation is 1. The predicted molar refractivity (Wildman–Crippen MR) is 111 cm³/mol. The monoisotopic (exact) mass is 420 g/mol. The van der Waals surface area contributed by atoms with Gasteiger partial charge in [-0.25, -0.2) is 12.8 Å². The average Bonchev–Trinajstić information content (AvgIpc) is 2.66. The first-order chi connectivity index (χ1) is 13.6. The van der Waals surface area contributed by atoms with E-state index in [9.17, 15) is 17.6 Å². The summed E-state index contributed by atoms with van der Waals surface area (Å²) in [4.78, 5) is 12.7. The summed E-state index contributed by atoms with van der Waals surface area (Å²) in [5.41, 5.74) is 6.30. The van der Waals surface area contributed by atoms with Gasteiger partial charge in [0, 0.05) is 5.56 Å². The van der Waals surface area contributed by atoms with Gasteiger partial charge in [-0.2, -0.15) is 4.72 Å². The molecule has 7 nitrogen and oxygen atoms in total. The molecule has 2 rings (SSSR count). The van der Waals surface area contributed by atoms with Gasteiger partial charge in [0.1, 0.15) is 17.7 Å². The molecule has 1 amide bonds. The van der Waals surface area contributed by atoms with Crippen LogP contribution in [0.25, 0.3) is 0 Å². The highest BCUT2D eigenvalue weighted by atomic mass is 32.2. The van der Waals surface area contributed by atoms with Crippen LogP contribution in [0.15, 0.2) is 47.4 Å². The lowest BCUT2D eigenvalue weighted by molar-refractivity contribution is -0.117. The molecule has 0 saturated heterocycles. The Balaban J connectivity index is 2.21. The van der Waals surface area contributed by atoms with Crippen molar-refractivity contribution in [1.82, 2.24) is 4.72 Å². The van der Waals surface area contributed by atoms with Gasteiger partial charge in [-0.3, -0.25) is 10.2 Å². The van der Waals surface area contributed by atoms with E-state index in [2.05, 4.69) is 10.0 Å². The van der Waals surface area contributed by atoms with Crippen LogP contribution in [0.3, 0.4) is 0 Å². The number of carbonyl (C=O) groups excluding carboxylic acids is 1. The van der Waals surface area contributed by atoms with E-state index in [0.717, 1.165) is 18.1 Å². The van der Waals surface area contributed by atoms with E-state index < -0.39 is 27.8 Å². The van der Waals surface area contributed by atoms with Crippen LogP contribution in [-0.4, -0.2) is 26.2 Å². The Morgan fingerprint density at radius 1 is 1.21 bits per heavy atom. The Bertz CT molecular complexity index is 991. The van der Waals surface area contributed by atoms with E-state index >= 15 is 0 Å². The maximum absolute atomic E-state index is 14.2. The quantitative estimate of drug-likeness (QED) is 0.368. The number of benzene rings is 2. The largest absolute Gasteiger partial charge is 0.384 e. The van der Waals surface area contributed by atoms with Crippen molar-refractivity contribution in [3.63, 3.8) is 0 Å². The topological polar surface area (TPSA) is 125 Å². The van der Waals surface area contributed by atoms with Crippen LogP contribution in [0, 0.1) is 18.2 Å². The smallest absolute Gasteiger partial charge is 0.242 e. The van der Waals surface area contributed by atoms with E-state index in [4.69, 9.17) is 11.1 Å². The molecule has 9 heteroatoms. The minimum absolute atomic E-state index is 0.0504. The van der Waals surface area contributed by atoms with Gasteiger partial charge < -0.3 is 11.1 Å². The number of unbranched alkanes of at least 4 members (excludes halogenated alkanes) is 1. The van der Waals surface area contributed by atoms with Gasteiger partial charge >= 0.3 is 0 Å². The first-order valence-corrected chi connectivity index (χ1v) is 10.7. The Morgan fingerprint density at radius 2 is 1.86 bits per heavy atom. The van der Waals surface area contributed by atoms with E-state index in [-0.39, 0.29) is 28.4 Å². The van der Waals surface area contributed by atoms with Crippen molar-refractivity contribution in [3.05, 3.63) is 59.4 Å². The third-order valence-corrected chi connectivity index (χ3v) is 5.82. The van der Waals surface area contributed by atoms with Gasteiger partial charge in [0.05, 0.1) is 10.6 Å². The first-order valence-electron chi connectivity index (χ1n) is 9.18. The lowest BCUT2D eigenvalue weighted by atomic mass is 10.1. The van der Waals surface area contributed by atoms with Crippen LogP contribution < -0.4 is 15.8 Å². The molecule has 29 heavy (non-hydrogen) atoms. The molecule has 0 aromatic heterocycles. The van der Waals surface area contributed by atoms with Crippen LogP contribution >= 0.6 is 0 Å². The van der Waals surface area contributed by atoms with Crippen LogP contribution in [0.1, 0.15) is 37.3 Å². The fraction of sp³-hybridized carbons (Fsp3) is 0.300. The van der Waals surface area contributed by atoms with Crippen LogP contribution in [0.2, 0.25) is 0 Å². The number of anilines is 1. The molecule has 0 aliphatic heterocycles. The average molecular weight is 421 g/mol. The number of rotatable bonds is 9. The summed E-state index contributed by atoms with van der Waals surface area (Å²) in [6, 6.07) is 8.93. The van der Waals surface area contributed by atoms with Crippen molar-refractivity contribution >= 4 is 27.5 Å². The Kier molecular flexibility index (Phi) is 7.46. The normalized spacial score (nSPS) is 12.4. The van der Waals surface area contributed by atoms with E-state index in [0.29, 0.717) is 6.42 Å². The molecule has 2 aromatic carbocycles. The lowest BCUT2D eigenvalue weighted by Crippen LogP contribution is -2.43. The predicted octanol–water partition coefficient (Wildman–Crippen LogP) is 2.89. The number of halogens is 1. The summed E-state index contributed by atoms with van der Waals surface area (Å²) >= 11 is 0. The number of hydrogen-bond acceptors (Lipinski definition) is 4. The molecule has 2 aromatic rings. The minimum Gasteiger partial charge on any atom is -0.384 e. The van der Waals surface area contributed by atoms with Gasteiger partial charge in [0.2, 0.25) is 15.9 Å². The SMILES string of the molecule is CCCCC(NS(=O)(=O)c1ccc(C)cc1)C(=O)Nc1ccc(C(=N)N)cc1F. The fourth-order valence-corrected chi connectivity index (χ4v) is 3.86. The molecule has 0 saturated carbocycles. The molecule has 0 aliphatic rings. The molecule has 1 atom stereocenters. The summed E-state index contributed by atoms with van der Waals surface area (Å²) in [6.07, 6.45) is 1.64. The van der Waals surface area contributed by atoms with E-state index in [1.165, 1.54) is 24.3 Å². The molecule has 0 spiro atoms. The number of nitrogen functional groups attached to an aromatic ring is 1. The second-order valence-electron chi connectivity index (χ2n) is 6.73. The zero-order valence-electron chi connectivity index (χ0n) is 16.3.